The monoisotopic (exact) mass is 340 g/mol. The second kappa shape index (κ2) is 4.98. The lowest BCUT2D eigenvalue weighted by molar-refractivity contribution is 0.0965. The highest BCUT2D eigenvalue weighted by Crippen LogP contribution is 2.26. The lowest BCUT2D eigenvalue weighted by Gasteiger charge is -2.15. The average Bonchev–Trinajstić information content (AvgIpc) is 2.63. The molecule has 0 amide bonds. The third-order valence-electron chi connectivity index (χ3n) is 4.50. The number of aryl methyl sites for hydroxylation is 2. The predicted molar refractivity (Wildman–Crippen MR) is 95.4 cm³/mol. The minimum absolute atomic E-state index is 0.0418. The van der Waals surface area contributed by atoms with E-state index < -0.39 is 11.6 Å². The zero-order chi connectivity index (χ0) is 18.0. The summed E-state index contributed by atoms with van der Waals surface area (Å²) in [4.78, 5) is 43.4. The molecule has 2 heterocycles. The summed E-state index contributed by atoms with van der Waals surface area (Å²) in [5.74, 6) is -0.832. The molecule has 5 rings (SSSR count). The maximum atomic E-state index is 12.9. The number of carbonyl (C=O) groups excluding carboxylic acids is 2. The molecule has 6 heteroatoms. The van der Waals surface area contributed by atoms with Crippen molar-refractivity contribution in [2.24, 2.45) is 0 Å². The summed E-state index contributed by atoms with van der Waals surface area (Å²) in [5, 5.41) is 0. The standard InChI is InChI=1S/C20H12N4O2/c1-9-3-5-11-13(7-9)23-17-15(21-11)20(26)18-16(19(17)25)22-12-6-4-10(2)8-14(12)24-18/h3-8H,1-2H3. The summed E-state index contributed by atoms with van der Waals surface area (Å²) in [7, 11) is 0. The van der Waals surface area contributed by atoms with Crippen molar-refractivity contribution in [1.29, 1.82) is 0 Å². The van der Waals surface area contributed by atoms with Crippen LogP contribution in [0.3, 0.4) is 0 Å². The van der Waals surface area contributed by atoms with Crippen LogP contribution in [-0.4, -0.2) is 31.5 Å². The Kier molecular flexibility index (Phi) is 2.83. The van der Waals surface area contributed by atoms with Crippen molar-refractivity contribution >= 4 is 33.6 Å². The van der Waals surface area contributed by atoms with E-state index in [0.717, 1.165) is 11.1 Å². The van der Waals surface area contributed by atoms with E-state index in [-0.39, 0.29) is 22.8 Å². The van der Waals surface area contributed by atoms with E-state index in [1.54, 1.807) is 12.1 Å². The summed E-state index contributed by atoms with van der Waals surface area (Å²) in [6.45, 7) is 3.87. The molecule has 0 fully saturated rings. The van der Waals surface area contributed by atoms with Gasteiger partial charge in [0, 0.05) is 0 Å². The Morgan fingerprint density at radius 1 is 0.538 bits per heavy atom. The van der Waals surface area contributed by atoms with Crippen LogP contribution < -0.4 is 0 Å². The largest absolute Gasteiger partial charge is 0.285 e. The lowest BCUT2D eigenvalue weighted by atomic mass is 9.97. The fourth-order valence-corrected chi connectivity index (χ4v) is 3.19. The van der Waals surface area contributed by atoms with Gasteiger partial charge in [-0.05, 0) is 49.2 Å². The molecular weight excluding hydrogens is 328 g/mol. The summed E-state index contributed by atoms with van der Waals surface area (Å²) in [5.41, 5.74) is 4.48. The van der Waals surface area contributed by atoms with Gasteiger partial charge in [0.15, 0.2) is 0 Å². The number of ketones is 2. The van der Waals surface area contributed by atoms with E-state index in [4.69, 9.17) is 0 Å². The van der Waals surface area contributed by atoms with Gasteiger partial charge < -0.3 is 0 Å². The summed E-state index contributed by atoms with van der Waals surface area (Å²) in [6.07, 6.45) is 0. The number of aromatic nitrogens is 4. The Morgan fingerprint density at radius 3 is 1.27 bits per heavy atom. The molecule has 0 bridgehead atoms. The average molecular weight is 340 g/mol. The quantitative estimate of drug-likeness (QED) is 0.431. The number of hydrogen-bond donors (Lipinski definition) is 0. The van der Waals surface area contributed by atoms with Crippen molar-refractivity contribution in [3.8, 4) is 0 Å². The van der Waals surface area contributed by atoms with Crippen LogP contribution in [0, 0.1) is 13.8 Å². The molecule has 0 N–H and O–H groups in total. The molecule has 0 radical (unpaired) electrons. The maximum absolute atomic E-state index is 12.9. The first-order valence-electron chi connectivity index (χ1n) is 8.17. The van der Waals surface area contributed by atoms with Crippen molar-refractivity contribution in [3.63, 3.8) is 0 Å². The first-order valence-corrected chi connectivity index (χ1v) is 8.17. The molecule has 1 aliphatic carbocycles. The first kappa shape index (κ1) is 14.8. The van der Waals surface area contributed by atoms with E-state index in [0.29, 0.717) is 22.1 Å². The third kappa shape index (κ3) is 1.99. The van der Waals surface area contributed by atoms with E-state index >= 15 is 0 Å². The highest BCUT2D eigenvalue weighted by atomic mass is 16.1. The van der Waals surface area contributed by atoms with E-state index in [9.17, 15) is 9.59 Å². The third-order valence-corrected chi connectivity index (χ3v) is 4.50. The van der Waals surface area contributed by atoms with Crippen LogP contribution in [0.1, 0.15) is 43.5 Å². The van der Waals surface area contributed by atoms with Gasteiger partial charge in [-0.15, -0.1) is 0 Å². The van der Waals surface area contributed by atoms with Gasteiger partial charge in [-0.3, -0.25) is 9.59 Å². The van der Waals surface area contributed by atoms with Gasteiger partial charge in [0.25, 0.3) is 0 Å². The van der Waals surface area contributed by atoms with Crippen molar-refractivity contribution < 1.29 is 9.59 Å². The number of rotatable bonds is 0. The number of hydrogen-bond acceptors (Lipinski definition) is 6. The molecule has 0 saturated carbocycles. The van der Waals surface area contributed by atoms with Crippen LogP contribution in [0.5, 0.6) is 0 Å². The summed E-state index contributed by atoms with van der Waals surface area (Å²) in [6, 6.07) is 11.0. The highest BCUT2D eigenvalue weighted by Gasteiger charge is 2.35. The fourth-order valence-electron chi connectivity index (χ4n) is 3.19. The van der Waals surface area contributed by atoms with Gasteiger partial charge in [-0.1, -0.05) is 12.1 Å². The Balaban J connectivity index is 1.81. The van der Waals surface area contributed by atoms with Crippen LogP contribution in [-0.2, 0) is 0 Å². The van der Waals surface area contributed by atoms with Crippen LogP contribution >= 0.6 is 0 Å². The zero-order valence-corrected chi connectivity index (χ0v) is 14.1. The van der Waals surface area contributed by atoms with Crippen LogP contribution in [0.25, 0.3) is 22.1 Å². The Labute approximate surface area is 148 Å². The summed E-state index contributed by atoms with van der Waals surface area (Å²) >= 11 is 0. The molecule has 0 spiro atoms. The molecule has 2 aromatic carbocycles. The van der Waals surface area contributed by atoms with Crippen LogP contribution in [0.15, 0.2) is 36.4 Å². The van der Waals surface area contributed by atoms with Gasteiger partial charge in [-0.2, -0.15) is 0 Å². The van der Waals surface area contributed by atoms with E-state index in [1.807, 2.05) is 38.1 Å². The molecule has 124 valence electrons. The van der Waals surface area contributed by atoms with Gasteiger partial charge in [0.2, 0.25) is 11.6 Å². The van der Waals surface area contributed by atoms with Gasteiger partial charge in [0.05, 0.1) is 22.1 Å². The minimum Gasteiger partial charge on any atom is -0.285 e. The molecule has 26 heavy (non-hydrogen) atoms. The minimum atomic E-state index is -0.416. The molecular formula is C20H12N4O2. The molecule has 0 atom stereocenters. The number of carbonyl (C=O) groups is 2. The number of nitrogens with zero attached hydrogens (tertiary/aromatic N) is 4. The van der Waals surface area contributed by atoms with Gasteiger partial charge in [0.1, 0.15) is 22.8 Å². The second-order valence-electron chi connectivity index (χ2n) is 6.48. The first-order chi connectivity index (χ1) is 12.5. The van der Waals surface area contributed by atoms with E-state index in [1.165, 1.54) is 0 Å². The van der Waals surface area contributed by atoms with Gasteiger partial charge in [-0.25, -0.2) is 19.9 Å². The number of benzene rings is 2. The molecule has 0 saturated heterocycles. The molecule has 1 aliphatic rings. The van der Waals surface area contributed by atoms with Crippen molar-refractivity contribution in [2.75, 3.05) is 0 Å². The topological polar surface area (TPSA) is 85.7 Å². The zero-order valence-electron chi connectivity index (χ0n) is 14.1. The summed E-state index contributed by atoms with van der Waals surface area (Å²) < 4.78 is 0. The smallest absolute Gasteiger partial charge is 0.234 e. The Bertz CT molecular complexity index is 1190. The normalized spacial score (nSPS) is 13.2. The van der Waals surface area contributed by atoms with Crippen molar-refractivity contribution in [3.05, 3.63) is 70.3 Å². The molecule has 0 unspecified atom stereocenters. The predicted octanol–water partition coefficient (Wildman–Crippen LogP) is 2.97. The second-order valence-corrected chi connectivity index (χ2v) is 6.48. The highest BCUT2D eigenvalue weighted by molar-refractivity contribution is 6.26. The van der Waals surface area contributed by atoms with E-state index in [2.05, 4.69) is 19.9 Å². The van der Waals surface area contributed by atoms with Crippen LogP contribution in [0.2, 0.25) is 0 Å². The molecule has 0 aliphatic heterocycles. The maximum Gasteiger partial charge on any atom is 0.234 e. The molecule has 2 aromatic heterocycles. The number of fused-ring (bicyclic) bond motifs is 4. The van der Waals surface area contributed by atoms with Crippen LogP contribution in [0.4, 0.5) is 0 Å². The Hall–Kier alpha value is -3.54. The molecule has 6 nitrogen and oxygen atoms in total. The van der Waals surface area contributed by atoms with Crippen molar-refractivity contribution in [1.82, 2.24) is 19.9 Å². The fraction of sp³-hybridized carbons (Fsp3) is 0.100. The molecule has 4 aromatic rings. The van der Waals surface area contributed by atoms with Gasteiger partial charge >= 0.3 is 0 Å². The Morgan fingerprint density at radius 2 is 0.885 bits per heavy atom. The van der Waals surface area contributed by atoms with Crippen molar-refractivity contribution in [2.45, 2.75) is 13.8 Å². The SMILES string of the molecule is Cc1ccc2nc3c(nc2c1)C(=O)c1nc2ccc(C)cc2nc1C3=O. The lowest BCUT2D eigenvalue weighted by Crippen LogP contribution is -2.26.